The van der Waals surface area contributed by atoms with Gasteiger partial charge in [-0.25, -0.2) is 18.7 Å². The van der Waals surface area contributed by atoms with Crippen LogP contribution in [0.4, 0.5) is 26.1 Å². The van der Waals surface area contributed by atoms with Crippen LogP contribution < -0.4 is 10.2 Å². The number of rotatable bonds is 4. The van der Waals surface area contributed by atoms with Gasteiger partial charge in [0.1, 0.15) is 5.69 Å². The van der Waals surface area contributed by atoms with Gasteiger partial charge in [0.05, 0.1) is 5.52 Å². The lowest BCUT2D eigenvalue weighted by atomic mass is 10.0. The minimum atomic E-state index is -0.595. The van der Waals surface area contributed by atoms with Crippen LogP contribution in [0.3, 0.4) is 0 Å². The van der Waals surface area contributed by atoms with Gasteiger partial charge < -0.3 is 15.1 Å². The van der Waals surface area contributed by atoms with Crippen LogP contribution in [-0.2, 0) is 0 Å². The van der Waals surface area contributed by atoms with Crippen molar-refractivity contribution in [3.8, 4) is 11.1 Å². The monoisotopic (exact) mass is 431 g/mol. The van der Waals surface area contributed by atoms with Crippen molar-refractivity contribution in [3.05, 3.63) is 78.5 Å². The van der Waals surface area contributed by atoms with Crippen molar-refractivity contribution < 1.29 is 8.78 Å². The molecule has 0 atom stereocenters. The van der Waals surface area contributed by atoms with Crippen molar-refractivity contribution >= 4 is 28.2 Å². The van der Waals surface area contributed by atoms with Gasteiger partial charge in [-0.1, -0.05) is 48.5 Å². The van der Waals surface area contributed by atoms with Gasteiger partial charge in [-0.15, -0.1) is 0 Å². The predicted octanol–water partition coefficient (Wildman–Crippen LogP) is 5.07. The van der Waals surface area contributed by atoms with E-state index in [0.717, 1.165) is 35.1 Å². The third-order valence-corrected chi connectivity index (χ3v) is 5.79. The summed E-state index contributed by atoms with van der Waals surface area (Å²) in [6.07, 6.45) is 1.71. The number of nitrogens with one attached hydrogen (secondary N) is 1. The number of benzene rings is 3. The number of fused-ring (bicyclic) bond motifs is 1. The normalized spacial score (nSPS) is 14.7. The first kappa shape index (κ1) is 20.3. The van der Waals surface area contributed by atoms with Crippen molar-refractivity contribution in [2.75, 3.05) is 43.4 Å². The molecular weight excluding hydrogens is 408 g/mol. The molecule has 0 spiro atoms. The van der Waals surface area contributed by atoms with Crippen LogP contribution in [0.2, 0.25) is 0 Å². The fourth-order valence-electron chi connectivity index (χ4n) is 4.07. The van der Waals surface area contributed by atoms with Gasteiger partial charge in [-0.3, -0.25) is 0 Å². The summed E-state index contributed by atoms with van der Waals surface area (Å²) in [5.41, 5.74) is 3.07. The smallest absolute Gasteiger partial charge is 0.227 e. The van der Waals surface area contributed by atoms with Crippen molar-refractivity contribution in [2.45, 2.75) is 0 Å². The molecule has 32 heavy (non-hydrogen) atoms. The Kier molecular flexibility index (Phi) is 5.41. The van der Waals surface area contributed by atoms with E-state index in [9.17, 15) is 8.78 Å². The largest absolute Gasteiger partial charge is 0.364 e. The molecule has 1 fully saturated rings. The van der Waals surface area contributed by atoms with Crippen molar-refractivity contribution in [1.82, 2.24) is 14.9 Å². The van der Waals surface area contributed by atoms with Gasteiger partial charge in [0.2, 0.25) is 5.95 Å². The first-order chi connectivity index (χ1) is 15.6. The summed E-state index contributed by atoms with van der Waals surface area (Å²) in [6.45, 7) is 2.72. The highest BCUT2D eigenvalue weighted by atomic mass is 19.1. The molecule has 162 valence electrons. The molecule has 1 aromatic heterocycles. The number of nitrogens with zero attached hydrogens (tertiary/aromatic N) is 4. The Morgan fingerprint density at radius 1 is 0.875 bits per heavy atom. The maximum atomic E-state index is 14.9. The molecule has 5 nitrogen and oxygen atoms in total. The van der Waals surface area contributed by atoms with Crippen molar-refractivity contribution in [1.29, 1.82) is 0 Å². The number of aromatic nitrogens is 2. The molecule has 1 N–H and O–H groups in total. The maximum Gasteiger partial charge on any atom is 0.227 e. The standard InChI is InChI=1S/C25H23F2N5/c1-31-10-12-32(13-11-31)24-21(26)14-19(15-22(24)27)29-25-28-16-18-8-5-9-20(23(18)30-25)17-6-3-2-4-7-17/h2-9,14-16H,10-13H2,1H3,(H,28,29,30). The quantitative estimate of drug-likeness (QED) is 0.489. The number of hydrogen-bond acceptors (Lipinski definition) is 5. The Hall–Kier alpha value is -3.58. The summed E-state index contributed by atoms with van der Waals surface area (Å²) in [6, 6.07) is 18.4. The predicted molar refractivity (Wildman–Crippen MR) is 124 cm³/mol. The van der Waals surface area contributed by atoms with Gasteiger partial charge >= 0.3 is 0 Å². The van der Waals surface area contributed by atoms with Gasteiger partial charge in [0, 0.05) is 49.0 Å². The molecule has 4 aromatic rings. The number of halogens is 2. The lowest BCUT2D eigenvalue weighted by molar-refractivity contribution is 0.310. The molecule has 0 aliphatic carbocycles. The van der Waals surface area contributed by atoms with Crippen LogP contribution in [0.1, 0.15) is 0 Å². The minimum Gasteiger partial charge on any atom is -0.364 e. The summed E-state index contributed by atoms with van der Waals surface area (Å²) in [5.74, 6) is -0.905. The highest BCUT2D eigenvalue weighted by molar-refractivity contribution is 5.93. The average Bonchev–Trinajstić information content (AvgIpc) is 2.80. The van der Waals surface area contributed by atoms with E-state index in [1.807, 2.05) is 55.6 Å². The number of likely N-dealkylation sites (N-methyl/N-ethyl adjacent to an activating group) is 1. The number of piperazine rings is 1. The third-order valence-electron chi connectivity index (χ3n) is 5.79. The molecule has 3 aromatic carbocycles. The first-order valence-electron chi connectivity index (χ1n) is 10.6. The van der Waals surface area contributed by atoms with E-state index in [1.54, 1.807) is 11.1 Å². The van der Waals surface area contributed by atoms with E-state index in [1.165, 1.54) is 12.1 Å². The second kappa shape index (κ2) is 8.51. The second-order valence-corrected chi connectivity index (χ2v) is 8.01. The molecule has 0 unspecified atom stereocenters. The molecule has 1 saturated heterocycles. The fourth-order valence-corrected chi connectivity index (χ4v) is 4.07. The van der Waals surface area contributed by atoms with E-state index >= 15 is 0 Å². The Bertz CT molecular complexity index is 1230. The zero-order valence-electron chi connectivity index (χ0n) is 17.7. The molecule has 0 radical (unpaired) electrons. The Morgan fingerprint density at radius 3 is 2.31 bits per heavy atom. The Balaban J connectivity index is 1.46. The van der Waals surface area contributed by atoms with Crippen LogP contribution in [0.5, 0.6) is 0 Å². The topological polar surface area (TPSA) is 44.3 Å². The van der Waals surface area contributed by atoms with Gasteiger partial charge in [0.15, 0.2) is 11.6 Å². The van der Waals surface area contributed by atoms with E-state index in [2.05, 4.69) is 20.2 Å². The zero-order chi connectivity index (χ0) is 22.1. The third kappa shape index (κ3) is 3.99. The lowest BCUT2D eigenvalue weighted by Gasteiger charge is -2.34. The van der Waals surface area contributed by atoms with Crippen LogP contribution in [0, 0.1) is 11.6 Å². The van der Waals surface area contributed by atoms with Crippen LogP contribution in [0.25, 0.3) is 22.0 Å². The maximum absolute atomic E-state index is 14.9. The van der Waals surface area contributed by atoms with Crippen molar-refractivity contribution in [3.63, 3.8) is 0 Å². The van der Waals surface area contributed by atoms with E-state index in [0.29, 0.717) is 13.1 Å². The van der Waals surface area contributed by atoms with Crippen molar-refractivity contribution in [2.24, 2.45) is 0 Å². The van der Waals surface area contributed by atoms with Gasteiger partial charge in [0.25, 0.3) is 0 Å². The summed E-state index contributed by atoms with van der Waals surface area (Å²) >= 11 is 0. The Labute approximate surface area is 185 Å². The summed E-state index contributed by atoms with van der Waals surface area (Å²) in [7, 11) is 2.00. The molecule has 1 aliphatic heterocycles. The molecule has 0 bridgehead atoms. The summed E-state index contributed by atoms with van der Waals surface area (Å²) < 4.78 is 29.7. The van der Waals surface area contributed by atoms with E-state index in [-0.39, 0.29) is 17.3 Å². The highest BCUT2D eigenvalue weighted by Crippen LogP contribution is 2.30. The molecule has 5 rings (SSSR count). The zero-order valence-corrected chi connectivity index (χ0v) is 17.7. The molecule has 7 heteroatoms. The van der Waals surface area contributed by atoms with E-state index < -0.39 is 11.6 Å². The molecule has 0 amide bonds. The summed E-state index contributed by atoms with van der Waals surface area (Å²) in [5, 5.41) is 3.85. The molecule has 0 saturated carbocycles. The van der Waals surface area contributed by atoms with Crippen LogP contribution >= 0.6 is 0 Å². The Morgan fingerprint density at radius 2 is 1.59 bits per heavy atom. The molecular formula is C25H23F2N5. The van der Waals surface area contributed by atoms with Gasteiger partial charge in [-0.2, -0.15) is 0 Å². The second-order valence-electron chi connectivity index (χ2n) is 8.01. The SMILES string of the molecule is CN1CCN(c2c(F)cc(Nc3ncc4cccc(-c5ccccc5)c4n3)cc2F)CC1. The minimum absolute atomic E-state index is 0.0226. The average molecular weight is 431 g/mol. The van der Waals surface area contributed by atoms with E-state index in [4.69, 9.17) is 0 Å². The fraction of sp³-hybridized carbons (Fsp3) is 0.200. The summed E-state index contributed by atoms with van der Waals surface area (Å²) in [4.78, 5) is 12.9. The van der Waals surface area contributed by atoms with Crippen LogP contribution in [-0.4, -0.2) is 48.1 Å². The molecule has 1 aliphatic rings. The number of para-hydroxylation sites is 1. The number of anilines is 3. The highest BCUT2D eigenvalue weighted by Gasteiger charge is 2.22. The number of hydrogen-bond donors (Lipinski definition) is 1. The molecule has 2 heterocycles. The lowest BCUT2D eigenvalue weighted by Crippen LogP contribution is -2.45. The first-order valence-corrected chi connectivity index (χ1v) is 10.6. The van der Waals surface area contributed by atoms with Gasteiger partial charge in [-0.05, 0) is 24.7 Å². The van der Waals surface area contributed by atoms with Crippen LogP contribution in [0.15, 0.2) is 66.9 Å².